The Labute approximate surface area is 274 Å². The van der Waals surface area contributed by atoms with Crippen LogP contribution >= 0.6 is 0 Å². The van der Waals surface area contributed by atoms with Crippen molar-refractivity contribution in [3.05, 3.63) is 149 Å². The molecule has 232 valence electrons. The van der Waals surface area contributed by atoms with E-state index in [-0.39, 0.29) is 12.4 Å². The third-order valence-corrected chi connectivity index (χ3v) is 10.3. The number of nitrogens with zero attached hydrogens (tertiary/aromatic N) is 2. The summed E-state index contributed by atoms with van der Waals surface area (Å²) in [6.45, 7) is -0.193. The molecule has 0 saturated carbocycles. The molecule has 0 unspecified atom stereocenters. The van der Waals surface area contributed by atoms with Crippen molar-refractivity contribution in [2.24, 2.45) is 0 Å². The number of rotatable bonds is 4. The fourth-order valence-corrected chi connectivity index (χ4v) is 7.88. The fraction of sp³-hybridized carbons (Fsp3) is 0.100. The second-order valence-electron chi connectivity index (χ2n) is 12.9. The molecule has 0 amide bonds. The molecule has 0 aromatic heterocycles. The lowest BCUT2D eigenvalue weighted by atomic mass is 9.34. The van der Waals surface area contributed by atoms with Gasteiger partial charge in [-0.25, -0.2) is 17.6 Å². The van der Waals surface area contributed by atoms with Crippen molar-refractivity contribution in [2.45, 2.75) is 25.7 Å². The summed E-state index contributed by atoms with van der Waals surface area (Å²) in [5.74, 6) is -2.74. The van der Waals surface area contributed by atoms with E-state index in [0.717, 1.165) is 82.6 Å². The molecule has 2 aliphatic carbocycles. The zero-order valence-electron chi connectivity index (χ0n) is 25.5. The van der Waals surface area contributed by atoms with Crippen LogP contribution < -0.4 is 30.9 Å². The summed E-state index contributed by atoms with van der Waals surface area (Å²) in [5.41, 5.74) is 9.86. The number of benzene rings is 6. The molecule has 2 heterocycles. The summed E-state index contributed by atoms with van der Waals surface area (Å²) >= 11 is 0. The first-order chi connectivity index (χ1) is 23.4. The minimum absolute atomic E-state index is 0.149. The van der Waals surface area contributed by atoms with Crippen molar-refractivity contribution in [1.82, 2.24) is 0 Å². The number of anilines is 6. The SMILES string of the molecule is Fc1cccc(F)c1N(c1cc2c3c(c1)N(c1ccc4c(c1)CC4)c1cc4c(cc1B3c1ccccc1O2)CC4)c1c(F)cccc1F. The van der Waals surface area contributed by atoms with Crippen molar-refractivity contribution in [3.63, 3.8) is 0 Å². The van der Waals surface area contributed by atoms with Gasteiger partial charge in [-0.15, -0.1) is 0 Å². The number of hydrogen-bond acceptors (Lipinski definition) is 3. The molecule has 8 heteroatoms. The van der Waals surface area contributed by atoms with E-state index >= 15 is 17.6 Å². The number of aryl methyl sites for hydroxylation is 4. The van der Waals surface area contributed by atoms with Gasteiger partial charge in [0.15, 0.2) is 0 Å². The van der Waals surface area contributed by atoms with Crippen LogP contribution in [0.1, 0.15) is 22.3 Å². The van der Waals surface area contributed by atoms with E-state index in [9.17, 15) is 0 Å². The molecular formula is C40H25BF4N2O. The molecule has 6 aromatic carbocycles. The molecule has 0 atom stereocenters. The maximum absolute atomic E-state index is 15.7. The molecule has 0 spiro atoms. The van der Waals surface area contributed by atoms with Crippen LogP contribution in [-0.4, -0.2) is 6.71 Å². The Morgan fingerprint density at radius 3 is 1.81 bits per heavy atom. The monoisotopic (exact) mass is 636 g/mol. The van der Waals surface area contributed by atoms with E-state index in [4.69, 9.17) is 4.74 Å². The smallest absolute Gasteiger partial charge is 0.256 e. The van der Waals surface area contributed by atoms with Gasteiger partial charge in [0.2, 0.25) is 0 Å². The second-order valence-corrected chi connectivity index (χ2v) is 12.9. The number of hydrogen-bond donors (Lipinski definition) is 0. The first-order valence-corrected chi connectivity index (χ1v) is 16.1. The summed E-state index contributed by atoms with van der Waals surface area (Å²) < 4.78 is 69.3. The molecule has 0 N–H and O–H groups in total. The van der Waals surface area contributed by atoms with Crippen LogP contribution in [-0.2, 0) is 25.7 Å². The highest BCUT2D eigenvalue weighted by Gasteiger charge is 2.44. The number of para-hydroxylation sites is 3. The quantitative estimate of drug-likeness (QED) is 0.143. The van der Waals surface area contributed by atoms with Gasteiger partial charge in [0.05, 0.1) is 5.69 Å². The Morgan fingerprint density at radius 1 is 0.542 bits per heavy atom. The Balaban J connectivity index is 1.30. The normalized spacial score (nSPS) is 14.4. The van der Waals surface area contributed by atoms with E-state index in [2.05, 4.69) is 41.3 Å². The van der Waals surface area contributed by atoms with Crippen LogP contribution in [0.5, 0.6) is 11.5 Å². The van der Waals surface area contributed by atoms with E-state index < -0.39 is 34.6 Å². The minimum atomic E-state index is -0.961. The third-order valence-electron chi connectivity index (χ3n) is 10.3. The fourth-order valence-electron chi connectivity index (χ4n) is 7.88. The van der Waals surface area contributed by atoms with Gasteiger partial charge < -0.3 is 9.64 Å². The van der Waals surface area contributed by atoms with E-state index in [1.807, 2.05) is 18.2 Å². The van der Waals surface area contributed by atoms with Gasteiger partial charge in [0, 0.05) is 23.1 Å². The Morgan fingerprint density at radius 2 is 1.17 bits per heavy atom. The number of halogens is 4. The van der Waals surface area contributed by atoms with E-state index in [0.29, 0.717) is 17.2 Å². The molecule has 3 nitrogen and oxygen atoms in total. The predicted molar refractivity (Wildman–Crippen MR) is 182 cm³/mol. The second kappa shape index (κ2) is 10.0. The Bertz CT molecular complexity index is 2280. The Kier molecular flexibility index (Phi) is 5.75. The van der Waals surface area contributed by atoms with Crippen molar-refractivity contribution >= 4 is 57.2 Å². The predicted octanol–water partition coefficient (Wildman–Crippen LogP) is 8.32. The minimum Gasteiger partial charge on any atom is -0.458 e. The van der Waals surface area contributed by atoms with Crippen LogP contribution in [0, 0.1) is 23.3 Å². The standard InChI is InChI=1S/C40H25BF4N2O/c42-30-6-3-7-31(43)39(30)47(40-32(44)8-4-9-33(40)45)27-20-35-38-37(21-27)48-36-10-2-1-5-28(36)41(38)29-18-24-13-14-25(24)19-34(29)46(35)26-16-15-22-11-12-23(22)17-26/h1-10,15-21H,11-14H2. The van der Waals surface area contributed by atoms with Crippen LogP contribution in [0.4, 0.5) is 51.7 Å². The van der Waals surface area contributed by atoms with Crippen LogP contribution in [0.2, 0.25) is 0 Å². The largest absolute Gasteiger partial charge is 0.458 e. The first kappa shape index (κ1) is 27.6. The van der Waals surface area contributed by atoms with Crippen LogP contribution in [0.15, 0.2) is 103 Å². The van der Waals surface area contributed by atoms with Crippen molar-refractivity contribution in [1.29, 1.82) is 0 Å². The molecule has 4 aliphatic rings. The lowest BCUT2D eigenvalue weighted by molar-refractivity contribution is 0.487. The summed E-state index contributed by atoms with van der Waals surface area (Å²) in [6.07, 6.45) is 4.02. The molecule has 0 bridgehead atoms. The van der Waals surface area contributed by atoms with Crippen molar-refractivity contribution < 1.29 is 22.3 Å². The highest BCUT2D eigenvalue weighted by molar-refractivity contribution is 6.99. The highest BCUT2D eigenvalue weighted by atomic mass is 19.1. The van der Waals surface area contributed by atoms with Crippen molar-refractivity contribution in [2.75, 3.05) is 9.80 Å². The molecule has 10 rings (SSSR count). The molecular weight excluding hydrogens is 611 g/mol. The van der Waals surface area contributed by atoms with Gasteiger partial charge in [-0.3, -0.25) is 4.90 Å². The summed E-state index contributed by atoms with van der Waals surface area (Å²) in [6, 6.07) is 29.1. The van der Waals surface area contributed by atoms with E-state index in [1.165, 1.54) is 34.4 Å². The van der Waals surface area contributed by atoms with Gasteiger partial charge in [0.1, 0.15) is 46.1 Å². The summed E-state index contributed by atoms with van der Waals surface area (Å²) in [7, 11) is 0. The van der Waals surface area contributed by atoms with Gasteiger partial charge in [0.25, 0.3) is 6.71 Å². The highest BCUT2D eigenvalue weighted by Crippen LogP contribution is 2.48. The molecule has 0 radical (unpaired) electrons. The molecule has 0 fully saturated rings. The van der Waals surface area contributed by atoms with Gasteiger partial charge >= 0.3 is 0 Å². The third kappa shape index (κ3) is 3.83. The average Bonchev–Trinajstić information content (AvgIpc) is 3.05. The van der Waals surface area contributed by atoms with Gasteiger partial charge in [-0.2, -0.15) is 0 Å². The average molecular weight is 636 g/mol. The molecule has 0 saturated heterocycles. The maximum atomic E-state index is 15.7. The first-order valence-electron chi connectivity index (χ1n) is 16.1. The lowest BCUT2D eigenvalue weighted by Crippen LogP contribution is -2.59. The van der Waals surface area contributed by atoms with E-state index in [1.54, 1.807) is 12.1 Å². The maximum Gasteiger partial charge on any atom is 0.256 e. The number of fused-ring (bicyclic) bond motifs is 6. The summed E-state index contributed by atoms with van der Waals surface area (Å²) in [4.78, 5) is 3.17. The zero-order chi connectivity index (χ0) is 32.3. The lowest BCUT2D eigenvalue weighted by Gasteiger charge is -2.42. The van der Waals surface area contributed by atoms with Crippen molar-refractivity contribution in [3.8, 4) is 11.5 Å². The molecule has 6 aromatic rings. The van der Waals surface area contributed by atoms with Gasteiger partial charge in [-0.05, 0) is 119 Å². The zero-order valence-corrected chi connectivity index (χ0v) is 25.5. The molecule has 48 heavy (non-hydrogen) atoms. The van der Waals surface area contributed by atoms with Gasteiger partial charge in [-0.1, -0.05) is 42.5 Å². The topological polar surface area (TPSA) is 15.7 Å². The number of ether oxygens (including phenoxy) is 1. The molecule has 2 aliphatic heterocycles. The summed E-state index contributed by atoms with van der Waals surface area (Å²) in [5, 5.41) is 0. The van der Waals surface area contributed by atoms with Crippen LogP contribution in [0.25, 0.3) is 0 Å². The Hall–Kier alpha value is -5.50. The van der Waals surface area contributed by atoms with Crippen LogP contribution in [0.3, 0.4) is 0 Å².